The maximum absolute atomic E-state index is 12.0. The van der Waals surface area contributed by atoms with Gasteiger partial charge in [-0.05, 0) is 13.8 Å². The minimum absolute atomic E-state index is 0.164. The molecular weight excluding hydrogens is 222 g/mol. The Morgan fingerprint density at radius 2 is 2.47 bits per heavy atom. The summed E-state index contributed by atoms with van der Waals surface area (Å²) in [6, 6.07) is 0. The number of aromatic nitrogens is 2. The maximum atomic E-state index is 12.0. The molecule has 0 aromatic carbocycles. The van der Waals surface area contributed by atoms with Crippen LogP contribution in [0.3, 0.4) is 0 Å². The highest BCUT2D eigenvalue weighted by Gasteiger charge is 2.25. The molecule has 2 rings (SSSR count). The Morgan fingerprint density at radius 1 is 1.71 bits per heavy atom. The highest BCUT2D eigenvalue weighted by atomic mass is 16.6. The van der Waals surface area contributed by atoms with Crippen LogP contribution in [0.25, 0.3) is 0 Å². The molecule has 1 fully saturated rings. The van der Waals surface area contributed by atoms with Crippen LogP contribution in [0.5, 0.6) is 0 Å². The van der Waals surface area contributed by atoms with Gasteiger partial charge < -0.3 is 15.2 Å². The first-order valence-corrected chi connectivity index (χ1v) is 5.75. The number of aryl methyl sites for hydroxylation is 2. The van der Waals surface area contributed by atoms with Crippen molar-refractivity contribution in [1.29, 1.82) is 0 Å². The number of ether oxygens (including phenoxy) is 2. The number of esters is 1. The summed E-state index contributed by atoms with van der Waals surface area (Å²) >= 11 is 0. The second-order valence-corrected chi connectivity index (χ2v) is 4.05. The summed E-state index contributed by atoms with van der Waals surface area (Å²) < 4.78 is 12.1. The van der Waals surface area contributed by atoms with E-state index in [2.05, 4.69) is 5.10 Å². The van der Waals surface area contributed by atoms with Crippen molar-refractivity contribution in [3.05, 3.63) is 11.4 Å². The molecule has 2 heterocycles. The first-order valence-electron chi connectivity index (χ1n) is 5.75. The quantitative estimate of drug-likeness (QED) is 0.787. The fraction of sp³-hybridized carbons (Fsp3) is 0.636. The molecule has 6 heteroatoms. The van der Waals surface area contributed by atoms with Crippen LogP contribution in [-0.2, 0) is 16.0 Å². The Labute approximate surface area is 99.7 Å². The zero-order chi connectivity index (χ0) is 12.4. The van der Waals surface area contributed by atoms with Gasteiger partial charge in [0, 0.05) is 13.0 Å². The van der Waals surface area contributed by atoms with Gasteiger partial charge in [0.25, 0.3) is 0 Å². The predicted octanol–water partition coefficient (Wildman–Crippen LogP) is 0.739. The van der Waals surface area contributed by atoms with Crippen LogP contribution in [0.1, 0.15) is 29.5 Å². The van der Waals surface area contributed by atoms with E-state index in [1.807, 2.05) is 6.92 Å². The summed E-state index contributed by atoms with van der Waals surface area (Å²) in [6.45, 7) is 5.37. The van der Waals surface area contributed by atoms with E-state index in [4.69, 9.17) is 15.2 Å². The molecule has 1 aliphatic heterocycles. The topological polar surface area (TPSA) is 79.4 Å². The normalized spacial score (nSPS) is 19.5. The molecule has 6 nitrogen and oxygen atoms in total. The minimum atomic E-state index is -0.416. The highest BCUT2D eigenvalue weighted by molar-refractivity contribution is 5.93. The molecule has 1 unspecified atom stereocenters. The van der Waals surface area contributed by atoms with E-state index < -0.39 is 5.97 Å². The second kappa shape index (κ2) is 4.75. The average Bonchev–Trinajstić information content (AvgIpc) is 2.88. The molecule has 0 spiro atoms. The first kappa shape index (κ1) is 11.9. The van der Waals surface area contributed by atoms with Crippen molar-refractivity contribution in [2.75, 3.05) is 18.9 Å². The van der Waals surface area contributed by atoms with Crippen molar-refractivity contribution < 1.29 is 14.3 Å². The van der Waals surface area contributed by atoms with Crippen molar-refractivity contribution in [2.24, 2.45) is 0 Å². The lowest BCUT2D eigenvalue weighted by Gasteiger charge is -2.11. The minimum Gasteiger partial charge on any atom is -0.455 e. The maximum Gasteiger partial charge on any atom is 0.359 e. The molecule has 0 amide bonds. The lowest BCUT2D eigenvalue weighted by molar-refractivity contribution is 0.0258. The van der Waals surface area contributed by atoms with Gasteiger partial charge in [-0.25, -0.2) is 4.79 Å². The fourth-order valence-corrected chi connectivity index (χ4v) is 1.85. The van der Waals surface area contributed by atoms with E-state index in [0.29, 0.717) is 36.8 Å². The summed E-state index contributed by atoms with van der Waals surface area (Å²) in [6.07, 6.45) is 0.577. The monoisotopic (exact) mass is 239 g/mol. The zero-order valence-electron chi connectivity index (χ0n) is 10.1. The third-order valence-corrected chi connectivity index (χ3v) is 2.83. The van der Waals surface area contributed by atoms with Gasteiger partial charge in [0.05, 0.1) is 24.6 Å². The Kier molecular flexibility index (Phi) is 3.33. The molecule has 0 saturated carbocycles. The van der Waals surface area contributed by atoms with Gasteiger partial charge in [-0.3, -0.25) is 4.68 Å². The number of carbonyl (C=O) groups excluding carboxylic acids is 1. The summed E-state index contributed by atoms with van der Waals surface area (Å²) in [5.41, 5.74) is 7.24. The molecule has 1 aromatic heterocycles. The van der Waals surface area contributed by atoms with Crippen molar-refractivity contribution in [3.8, 4) is 0 Å². The van der Waals surface area contributed by atoms with Gasteiger partial charge in [0.15, 0.2) is 5.69 Å². The average molecular weight is 239 g/mol. The van der Waals surface area contributed by atoms with Crippen LogP contribution >= 0.6 is 0 Å². The van der Waals surface area contributed by atoms with E-state index in [-0.39, 0.29) is 6.10 Å². The van der Waals surface area contributed by atoms with Crippen LogP contribution in [0.2, 0.25) is 0 Å². The number of nitrogens with zero attached hydrogens (tertiary/aromatic N) is 2. The van der Waals surface area contributed by atoms with E-state index in [1.165, 1.54) is 0 Å². The number of carbonyl (C=O) groups is 1. The molecule has 1 aliphatic rings. The van der Waals surface area contributed by atoms with E-state index in [0.717, 1.165) is 6.42 Å². The van der Waals surface area contributed by atoms with E-state index in [9.17, 15) is 4.79 Å². The van der Waals surface area contributed by atoms with Gasteiger partial charge in [-0.2, -0.15) is 5.10 Å². The second-order valence-electron chi connectivity index (χ2n) is 4.05. The Bertz CT molecular complexity index is 422. The van der Waals surface area contributed by atoms with Crippen LogP contribution in [0, 0.1) is 6.92 Å². The predicted molar refractivity (Wildman–Crippen MR) is 61.7 cm³/mol. The van der Waals surface area contributed by atoms with Crippen molar-refractivity contribution >= 4 is 11.7 Å². The number of hydrogen-bond acceptors (Lipinski definition) is 5. The van der Waals surface area contributed by atoms with Gasteiger partial charge in [0.2, 0.25) is 0 Å². The molecule has 0 bridgehead atoms. The first-order chi connectivity index (χ1) is 8.13. The number of rotatable bonds is 3. The van der Waals surface area contributed by atoms with Crippen LogP contribution in [0.4, 0.5) is 5.69 Å². The molecule has 1 aromatic rings. The SMILES string of the molecule is CCn1nc(C)c(N)c1C(=O)OC1CCOC1. The number of nitrogen functional groups attached to an aromatic ring is 1. The third-order valence-electron chi connectivity index (χ3n) is 2.83. The van der Waals surface area contributed by atoms with Crippen LogP contribution in [0.15, 0.2) is 0 Å². The molecule has 17 heavy (non-hydrogen) atoms. The van der Waals surface area contributed by atoms with Crippen molar-refractivity contribution in [2.45, 2.75) is 32.9 Å². The van der Waals surface area contributed by atoms with Crippen LogP contribution in [-0.4, -0.2) is 35.1 Å². The molecule has 0 aliphatic carbocycles. The van der Waals surface area contributed by atoms with Crippen molar-refractivity contribution in [3.63, 3.8) is 0 Å². The molecule has 94 valence electrons. The summed E-state index contributed by atoms with van der Waals surface area (Å²) in [4.78, 5) is 12.0. The lowest BCUT2D eigenvalue weighted by Crippen LogP contribution is -2.21. The van der Waals surface area contributed by atoms with E-state index in [1.54, 1.807) is 11.6 Å². The van der Waals surface area contributed by atoms with Gasteiger partial charge >= 0.3 is 5.97 Å². The largest absolute Gasteiger partial charge is 0.455 e. The number of nitrogens with two attached hydrogens (primary N) is 1. The lowest BCUT2D eigenvalue weighted by atomic mass is 10.3. The molecule has 2 N–H and O–H groups in total. The third kappa shape index (κ3) is 2.26. The number of anilines is 1. The number of hydrogen-bond donors (Lipinski definition) is 1. The Hall–Kier alpha value is -1.56. The van der Waals surface area contributed by atoms with E-state index >= 15 is 0 Å². The molecule has 1 atom stereocenters. The Morgan fingerprint density at radius 3 is 3.06 bits per heavy atom. The van der Waals surface area contributed by atoms with Crippen LogP contribution < -0.4 is 5.73 Å². The van der Waals surface area contributed by atoms with Gasteiger partial charge in [-0.1, -0.05) is 0 Å². The molecule has 1 saturated heterocycles. The fourth-order valence-electron chi connectivity index (χ4n) is 1.85. The summed E-state index contributed by atoms with van der Waals surface area (Å²) in [5, 5.41) is 4.18. The Balaban J connectivity index is 2.17. The zero-order valence-corrected chi connectivity index (χ0v) is 10.1. The standard InChI is InChI=1S/C11H17N3O3/c1-3-14-10(9(12)7(2)13-14)11(15)17-8-4-5-16-6-8/h8H,3-6,12H2,1-2H3. The van der Waals surface area contributed by atoms with Gasteiger partial charge in [-0.15, -0.1) is 0 Å². The highest BCUT2D eigenvalue weighted by Crippen LogP contribution is 2.19. The molecule has 0 radical (unpaired) electrons. The summed E-state index contributed by atoms with van der Waals surface area (Å²) in [5.74, 6) is -0.416. The smallest absolute Gasteiger partial charge is 0.359 e. The van der Waals surface area contributed by atoms with Gasteiger partial charge in [0.1, 0.15) is 6.10 Å². The molecular formula is C11H17N3O3. The van der Waals surface area contributed by atoms with Crippen molar-refractivity contribution in [1.82, 2.24) is 9.78 Å². The summed E-state index contributed by atoms with van der Waals surface area (Å²) in [7, 11) is 0.